The standard InChI is InChI=1S/C37H68O8/c1-3-4-5-6-7-8-9-12-22-33(41)35-24-25-36(45-35)34(42)23-13-10-11-17-30(38)18-14-15-19-31(39)20-16-21-32(40)27-29-26-28(2)44-37(29)43/h26,28,30-36,38-42H,3-25,27H2,1-2H3. The number of carbonyl (C=O) groups excluding carboxylic acids is 1. The Hall–Kier alpha value is -1.03. The van der Waals surface area contributed by atoms with Gasteiger partial charge in [0.15, 0.2) is 0 Å². The second kappa shape index (κ2) is 24.2. The summed E-state index contributed by atoms with van der Waals surface area (Å²) in [5.74, 6) is -0.341. The van der Waals surface area contributed by atoms with Crippen molar-refractivity contribution in [1.82, 2.24) is 0 Å². The molecule has 0 aromatic rings. The average Bonchev–Trinajstić information content (AvgIpc) is 3.62. The highest BCUT2D eigenvalue weighted by Gasteiger charge is 2.34. The third-order valence-corrected chi connectivity index (χ3v) is 9.68. The van der Waals surface area contributed by atoms with Crippen molar-refractivity contribution < 1.29 is 39.8 Å². The summed E-state index contributed by atoms with van der Waals surface area (Å²) in [5.41, 5.74) is 0.541. The molecule has 8 atom stereocenters. The van der Waals surface area contributed by atoms with Gasteiger partial charge in [-0.25, -0.2) is 4.79 Å². The Labute approximate surface area is 274 Å². The number of aliphatic hydroxyl groups is 5. The molecule has 0 aromatic carbocycles. The number of carbonyl (C=O) groups is 1. The normalized spacial score (nSPS) is 23.5. The van der Waals surface area contributed by atoms with Gasteiger partial charge in [0.1, 0.15) is 6.10 Å². The molecule has 0 aromatic heterocycles. The van der Waals surface area contributed by atoms with Gasteiger partial charge in [-0.2, -0.15) is 0 Å². The minimum atomic E-state index is -0.601. The number of aliphatic hydroxyl groups excluding tert-OH is 5. The molecule has 1 fully saturated rings. The van der Waals surface area contributed by atoms with Crippen LogP contribution in [0.25, 0.3) is 0 Å². The maximum absolute atomic E-state index is 11.7. The second-order valence-electron chi connectivity index (χ2n) is 14.0. The predicted octanol–water partition coefficient (Wildman–Crippen LogP) is 6.81. The molecule has 5 N–H and O–H groups in total. The molecule has 0 bridgehead atoms. The molecule has 8 nitrogen and oxygen atoms in total. The van der Waals surface area contributed by atoms with Gasteiger partial charge in [-0.3, -0.25) is 0 Å². The van der Waals surface area contributed by atoms with Crippen molar-refractivity contribution in [3.05, 3.63) is 11.6 Å². The van der Waals surface area contributed by atoms with Crippen molar-refractivity contribution >= 4 is 5.97 Å². The van der Waals surface area contributed by atoms with Gasteiger partial charge >= 0.3 is 5.97 Å². The number of ether oxygens (including phenoxy) is 2. The van der Waals surface area contributed by atoms with Gasteiger partial charge in [-0.1, -0.05) is 90.4 Å². The van der Waals surface area contributed by atoms with Crippen LogP contribution in [0.15, 0.2) is 11.6 Å². The van der Waals surface area contributed by atoms with E-state index in [1.807, 2.05) is 0 Å². The Kier molecular flexibility index (Phi) is 21.6. The summed E-state index contributed by atoms with van der Waals surface area (Å²) in [4.78, 5) is 11.7. The first-order valence-corrected chi connectivity index (χ1v) is 18.7. The smallest absolute Gasteiger partial charge is 0.334 e. The lowest BCUT2D eigenvalue weighted by Crippen LogP contribution is -2.31. The van der Waals surface area contributed by atoms with Crippen molar-refractivity contribution in [2.75, 3.05) is 0 Å². The van der Waals surface area contributed by atoms with Crippen LogP contribution in [0.5, 0.6) is 0 Å². The number of esters is 1. The molecule has 2 rings (SSSR count). The number of unbranched alkanes of at least 4 members (excludes halogenated alkanes) is 10. The SMILES string of the molecule is CCCCCCCCCCC(O)C1CCC(C(O)CCCCCC(O)CCCCC(O)CCCC(O)CC2=CC(C)OC2=O)O1. The average molecular weight is 641 g/mol. The third-order valence-electron chi connectivity index (χ3n) is 9.68. The van der Waals surface area contributed by atoms with Gasteiger partial charge in [0.25, 0.3) is 0 Å². The Morgan fingerprint density at radius 1 is 0.622 bits per heavy atom. The minimum absolute atomic E-state index is 0.143. The summed E-state index contributed by atoms with van der Waals surface area (Å²) in [7, 11) is 0. The van der Waals surface area contributed by atoms with E-state index in [2.05, 4.69) is 6.92 Å². The Morgan fingerprint density at radius 2 is 1.04 bits per heavy atom. The number of rotatable bonds is 28. The highest BCUT2D eigenvalue weighted by Crippen LogP contribution is 2.28. The molecule has 8 unspecified atom stereocenters. The van der Waals surface area contributed by atoms with Crippen LogP contribution < -0.4 is 0 Å². The van der Waals surface area contributed by atoms with Gasteiger partial charge in [0, 0.05) is 12.0 Å². The van der Waals surface area contributed by atoms with E-state index in [-0.39, 0.29) is 30.4 Å². The van der Waals surface area contributed by atoms with Crippen LogP contribution in [0, 0.1) is 0 Å². The van der Waals surface area contributed by atoms with Gasteiger partial charge in [-0.15, -0.1) is 0 Å². The first-order chi connectivity index (χ1) is 21.7. The van der Waals surface area contributed by atoms with Crippen LogP contribution in [0.2, 0.25) is 0 Å². The number of hydrogen-bond acceptors (Lipinski definition) is 8. The lowest BCUT2D eigenvalue weighted by molar-refractivity contribution is -0.139. The van der Waals surface area contributed by atoms with Crippen molar-refractivity contribution in [2.24, 2.45) is 0 Å². The minimum Gasteiger partial charge on any atom is -0.455 e. The summed E-state index contributed by atoms with van der Waals surface area (Å²) in [6, 6.07) is 0. The van der Waals surface area contributed by atoms with E-state index >= 15 is 0 Å². The quantitative estimate of drug-likeness (QED) is 0.0465. The fourth-order valence-electron chi connectivity index (χ4n) is 6.80. The second-order valence-corrected chi connectivity index (χ2v) is 14.0. The lowest BCUT2D eigenvalue weighted by atomic mass is 9.98. The molecule has 8 heteroatoms. The number of hydrogen-bond donors (Lipinski definition) is 5. The van der Waals surface area contributed by atoms with Gasteiger partial charge in [0.2, 0.25) is 0 Å². The largest absolute Gasteiger partial charge is 0.455 e. The zero-order valence-corrected chi connectivity index (χ0v) is 28.6. The molecule has 2 aliphatic heterocycles. The molecule has 0 saturated carbocycles. The maximum Gasteiger partial charge on any atom is 0.334 e. The molecular weight excluding hydrogens is 572 g/mol. The predicted molar refractivity (Wildman–Crippen MR) is 179 cm³/mol. The topological polar surface area (TPSA) is 137 Å². The summed E-state index contributed by atoms with van der Waals surface area (Å²) in [5, 5.41) is 52.0. The zero-order chi connectivity index (χ0) is 32.9. The monoisotopic (exact) mass is 640 g/mol. The molecule has 1 saturated heterocycles. The summed E-state index contributed by atoms with van der Waals surface area (Å²) < 4.78 is 11.1. The van der Waals surface area contributed by atoms with Crippen LogP contribution in [0.3, 0.4) is 0 Å². The Morgan fingerprint density at radius 3 is 1.56 bits per heavy atom. The van der Waals surface area contributed by atoms with Crippen molar-refractivity contribution in [2.45, 2.75) is 217 Å². The first-order valence-electron chi connectivity index (χ1n) is 18.7. The molecule has 2 aliphatic rings. The van der Waals surface area contributed by atoms with E-state index in [0.717, 1.165) is 70.6 Å². The molecular formula is C37H68O8. The fraction of sp³-hybridized carbons (Fsp3) is 0.919. The van der Waals surface area contributed by atoms with Crippen LogP contribution >= 0.6 is 0 Å². The van der Waals surface area contributed by atoms with Crippen LogP contribution in [0.4, 0.5) is 0 Å². The number of cyclic esters (lactones) is 1. The van der Waals surface area contributed by atoms with E-state index in [1.165, 1.54) is 44.9 Å². The van der Waals surface area contributed by atoms with E-state index < -0.39 is 24.4 Å². The highest BCUT2D eigenvalue weighted by atomic mass is 16.5. The molecule has 0 amide bonds. The fourth-order valence-corrected chi connectivity index (χ4v) is 6.80. The van der Waals surface area contributed by atoms with E-state index in [9.17, 15) is 30.3 Å². The molecule has 0 radical (unpaired) electrons. The maximum atomic E-state index is 11.7. The molecule has 45 heavy (non-hydrogen) atoms. The highest BCUT2D eigenvalue weighted by molar-refractivity contribution is 5.90. The Balaban J connectivity index is 1.40. The van der Waals surface area contributed by atoms with Gasteiger partial charge in [-0.05, 0) is 77.2 Å². The van der Waals surface area contributed by atoms with Crippen LogP contribution in [0.1, 0.15) is 168 Å². The molecule has 264 valence electrons. The summed E-state index contributed by atoms with van der Waals surface area (Å²) >= 11 is 0. The van der Waals surface area contributed by atoms with Crippen molar-refractivity contribution in [3.8, 4) is 0 Å². The summed E-state index contributed by atoms with van der Waals surface area (Å²) in [6.07, 6.45) is 21.0. The third kappa shape index (κ3) is 18.2. The lowest BCUT2D eigenvalue weighted by Gasteiger charge is -2.22. The van der Waals surface area contributed by atoms with Gasteiger partial charge < -0.3 is 35.0 Å². The van der Waals surface area contributed by atoms with E-state index in [1.54, 1.807) is 13.0 Å². The Bertz CT molecular complexity index is 788. The first kappa shape index (κ1) is 40.1. The van der Waals surface area contributed by atoms with E-state index in [4.69, 9.17) is 9.47 Å². The molecule has 0 aliphatic carbocycles. The van der Waals surface area contributed by atoms with Crippen molar-refractivity contribution in [1.29, 1.82) is 0 Å². The molecule has 2 heterocycles. The van der Waals surface area contributed by atoms with Crippen LogP contribution in [-0.4, -0.2) is 80.3 Å². The summed E-state index contributed by atoms with van der Waals surface area (Å²) in [6.45, 7) is 4.04. The van der Waals surface area contributed by atoms with Crippen LogP contribution in [-0.2, 0) is 14.3 Å². The zero-order valence-electron chi connectivity index (χ0n) is 28.6. The molecule has 0 spiro atoms. The van der Waals surface area contributed by atoms with Gasteiger partial charge in [0.05, 0.1) is 42.7 Å². The van der Waals surface area contributed by atoms with E-state index in [0.29, 0.717) is 44.1 Å². The van der Waals surface area contributed by atoms with Crippen molar-refractivity contribution in [3.63, 3.8) is 0 Å².